The van der Waals surface area contributed by atoms with Crippen molar-refractivity contribution in [3.05, 3.63) is 12.8 Å². The minimum Gasteiger partial charge on any atom is -0.496 e. The highest BCUT2D eigenvalue weighted by Gasteiger charge is 2.43. The monoisotopic (exact) mass is 228 g/mol. The summed E-state index contributed by atoms with van der Waals surface area (Å²) in [7, 11) is -1.45. The zero-order valence-corrected chi connectivity index (χ0v) is 11.5. The van der Waals surface area contributed by atoms with Gasteiger partial charge in [-0.3, -0.25) is 0 Å². The van der Waals surface area contributed by atoms with E-state index >= 15 is 0 Å². The van der Waals surface area contributed by atoms with Gasteiger partial charge in [-0.15, -0.1) is 0 Å². The number of hydrogen-bond donors (Lipinski definition) is 0. The lowest BCUT2D eigenvalue weighted by Gasteiger charge is -2.46. The molecule has 1 fully saturated rings. The molecule has 0 saturated carbocycles. The van der Waals surface area contributed by atoms with Crippen LogP contribution in [0.3, 0.4) is 0 Å². The van der Waals surface area contributed by atoms with E-state index in [0.29, 0.717) is 0 Å². The van der Waals surface area contributed by atoms with Gasteiger partial charge in [0.2, 0.25) is 0 Å². The average molecular weight is 228 g/mol. The fraction of sp³-hybridized carbons (Fsp3) is 0.833. The van der Waals surface area contributed by atoms with Gasteiger partial charge in [-0.25, -0.2) is 0 Å². The summed E-state index contributed by atoms with van der Waals surface area (Å²) in [6.07, 6.45) is 5.06. The highest BCUT2D eigenvalue weighted by Crippen LogP contribution is 2.37. The molecule has 0 spiro atoms. The Hall–Kier alpha value is -0.283. The van der Waals surface area contributed by atoms with E-state index in [2.05, 4.69) is 33.5 Å². The molecule has 0 aromatic carbocycles. The van der Waals surface area contributed by atoms with Gasteiger partial charge in [0, 0.05) is 0 Å². The molecule has 88 valence electrons. The number of rotatable bonds is 4. The van der Waals surface area contributed by atoms with Gasteiger partial charge in [0.1, 0.15) is 6.10 Å². The van der Waals surface area contributed by atoms with E-state index in [1.54, 1.807) is 6.26 Å². The number of hydrogen-bond acceptors (Lipinski definition) is 2. The summed E-state index contributed by atoms with van der Waals surface area (Å²) in [6.45, 7) is 12.6. The molecule has 0 radical (unpaired) electrons. The second-order valence-electron chi connectivity index (χ2n) is 5.23. The van der Waals surface area contributed by atoms with Crippen molar-refractivity contribution in [2.45, 2.75) is 64.0 Å². The number of ether oxygens (including phenoxy) is 1. The predicted molar refractivity (Wildman–Crippen MR) is 66.4 cm³/mol. The van der Waals surface area contributed by atoms with Crippen LogP contribution in [-0.4, -0.2) is 20.0 Å². The first-order chi connectivity index (χ1) is 6.93. The summed E-state index contributed by atoms with van der Waals surface area (Å²) < 4.78 is 11.9. The molecule has 0 aliphatic carbocycles. The van der Waals surface area contributed by atoms with Crippen LogP contribution in [0.2, 0.25) is 19.1 Å². The lowest BCUT2D eigenvalue weighted by Crippen LogP contribution is -2.53. The molecule has 0 aromatic heterocycles. The second kappa shape index (κ2) is 4.70. The minimum atomic E-state index is -1.45. The SMILES string of the molecule is C=COC(CC)C1(C)CCC[Si](C)(C)O1. The third kappa shape index (κ3) is 3.08. The standard InChI is InChI=1S/C12H24O2Si/c1-6-11(13-7-2)12(3)9-8-10-15(4,5)14-12/h7,11H,2,6,8-10H2,1,3-5H3. The van der Waals surface area contributed by atoms with Crippen molar-refractivity contribution >= 4 is 8.32 Å². The van der Waals surface area contributed by atoms with E-state index in [4.69, 9.17) is 9.16 Å². The molecular formula is C12H24O2Si. The zero-order valence-electron chi connectivity index (χ0n) is 10.5. The Morgan fingerprint density at radius 3 is 2.73 bits per heavy atom. The van der Waals surface area contributed by atoms with Gasteiger partial charge in [0.25, 0.3) is 0 Å². The van der Waals surface area contributed by atoms with E-state index < -0.39 is 8.32 Å². The van der Waals surface area contributed by atoms with Crippen LogP contribution in [0.1, 0.15) is 33.1 Å². The predicted octanol–water partition coefficient (Wildman–Crippen LogP) is 3.70. The molecule has 1 saturated heterocycles. The summed E-state index contributed by atoms with van der Waals surface area (Å²) >= 11 is 0. The van der Waals surface area contributed by atoms with Gasteiger partial charge in [0.15, 0.2) is 8.32 Å². The summed E-state index contributed by atoms with van der Waals surface area (Å²) in [5, 5.41) is 0. The van der Waals surface area contributed by atoms with Crippen molar-refractivity contribution in [2.75, 3.05) is 0 Å². The fourth-order valence-electron chi connectivity index (χ4n) is 2.61. The van der Waals surface area contributed by atoms with Crippen LogP contribution in [0.25, 0.3) is 0 Å². The van der Waals surface area contributed by atoms with Crippen molar-refractivity contribution in [1.82, 2.24) is 0 Å². The van der Waals surface area contributed by atoms with Crippen molar-refractivity contribution in [2.24, 2.45) is 0 Å². The second-order valence-corrected chi connectivity index (χ2v) is 9.45. The Morgan fingerprint density at radius 1 is 1.60 bits per heavy atom. The topological polar surface area (TPSA) is 18.5 Å². The van der Waals surface area contributed by atoms with Gasteiger partial charge >= 0.3 is 0 Å². The third-order valence-corrected chi connectivity index (χ3v) is 5.85. The summed E-state index contributed by atoms with van der Waals surface area (Å²) in [5.41, 5.74) is -0.100. The Labute approximate surface area is 94.8 Å². The molecular weight excluding hydrogens is 204 g/mol. The summed E-state index contributed by atoms with van der Waals surface area (Å²) in [6, 6.07) is 1.27. The van der Waals surface area contributed by atoms with E-state index in [-0.39, 0.29) is 11.7 Å². The van der Waals surface area contributed by atoms with Crippen molar-refractivity contribution in [3.63, 3.8) is 0 Å². The first-order valence-electron chi connectivity index (χ1n) is 5.90. The molecule has 1 heterocycles. The van der Waals surface area contributed by atoms with Crippen molar-refractivity contribution in [1.29, 1.82) is 0 Å². The van der Waals surface area contributed by atoms with Gasteiger partial charge in [-0.1, -0.05) is 19.9 Å². The van der Waals surface area contributed by atoms with Gasteiger partial charge in [-0.2, -0.15) is 0 Å². The first kappa shape index (κ1) is 12.8. The van der Waals surface area contributed by atoms with Crippen molar-refractivity contribution < 1.29 is 9.16 Å². The molecule has 1 aliphatic heterocycles. The molecule has 2 nitrogen and oxygen atoms in total. The van der Waals surface area contributed by atoms with E-state index in [1.807, 2.05) is 0 Å². The van der Waals surface area contributed by atoms with Crippen LogP contribution >= 0.6 is 0 Å². The van der Waals surface area contributed by atoms with Crippen LogP contribution < -0.4 is 0 Å². The molecule has 2 atom stereocenters. The summed E-state index contributed by atoms with van der Waals surface area (Å²) in [5.74, 6) is 0. The maximum Gasteiger partial charge on any atom is 0.187 e. The molecule has 0 amide bonds. The first-order valence-corrected chi connectivity index (χ1v) is 9.01. The van der Waals surface area contributed by atoms with Gasteiger partial charge < -0.3 is 9.16 Å². The highest BCUT2D eigenvalue weighted by atomic mass is 28.4. The van der Waals surface area contributed by atoms with Crippen LogP contribution in [0.15, 0.2) is 12.8 Å². The maximum absolute atomic E-state index is 6.33. The van der Waals surface area contributed by atoms with Gasteiger partial charge in [0.05, 0.1) is 11.9 Å². The average Bonchev–Trinajstić information content (AvgIpc) is 2.11. The minimum absolute atomic E-state index is 0.100. The molecule has 2 unspecified atom stereocenters. The van der Waals surface area contributed by atoms with Crippen LogP contribution in [0.4, 0.5) is 0 Å². The summed E-state index contributed by atoms with van der Waals surface area (Å²) in [4.78, 5) is 0. The molecule has 0 N–H and O–H groups in total. The van der Waals surface area contributed by atoms with Crippen LogP contribution in [-0.2, 0) is 9.16 Å². The highest BCUT2D eigenvalue weighted by molar-refractivity contribution is 6.71. The van der Waals surface area contributed by atoms with Crippen LogP contribution in [0, 0.1) is 0 Å². The fourth-order valence-corrected chi connectivity index (χ4v) is 5.24. The molecule has 0 bridgehead atoms. The van der Waals surface area contributed by atoms with Gasteiger partial charge in [-0.05, 0) is 38.9 Å². The van der Waals surface area contributed by atoms with E-state index in [1.165, 1.54) is 12.5 Å². The lowest BCUT2D eigenvalue weighted by atomic mass is 9.92. The molecule has 1 aliphatic rings. The van der Waals surface area contributed by atoms with Crippen molar-refractivity contribution in [3.8, 4) is 0 Å². The molecule has 3 heteroatoms. The molecule has 15 heavy (non-hydrogen) atoms. The van der Waals surface area contributed by atoms with Crippen LogP contribution in [0.5, 0.6) is 0 Å². The third-order valence-electron chi connectivity index (χ3n) is 3.27. The maximum atomic E-state index is 6.33. The lowest BCUT2D eigenvalue weighted by molar-refractivity contribution is -0.0692. The van der Waals surface area contributed by atoms with E-state index in [0.717, 1.165) is 12.8 Å². The Kier molecular flexibility index (Phi) is 4.01. The van der Waals surface area contributed by atoms with E-state index in [9.17, 15) is 0 Å². The normalized spacial score (nSPS) is 32.0. The smallest absolute Gasteiger partial charge is 0.187 e. The molecule has 1 rings (SSSR count). The molecule has 0 aromatic rings. The Balaban J connectivity index is 2.74. The zero-order chi connectivity index (χ0) is 11.5. The Morgan fingerprint density at radius 2 is 2.27 bits per heavy atom. The largest absolute Gasteiger partial charge is 0.496 e. The Bertz CT molecular complexity index is 228. The quantitative estimate of drug-likeness (QED) is 0.539.